The summed E-state index contributed by atoms with van der Waals surface area (Å²) in [5.74, 6) is 1.46. The Bertz CT molecular complexity index is 354. The van der Waals surface area contributed by atoms with Crippen LogP contribution in [0.15, 0.2) is 18.5 Å². The van der Waals surface area contributed by atoms with E-state index in [1.807, 2.05) is 0 Å². The first-order valence-electron chi connectivity index (χ1n) is 8.51. The molecule has 0 radical (unpaired) electrons. The van der Waals surface area contributed by atoms with Crippen LogP contribution in [0.25, 0.3) is 0 Å². The first-order chi connectivity index (χ1) is 9.62. The van der Waals surface area contributed by atoms with Crippen LogP contribution < -0.4 is 5.32 Å². The molecule has 20 heavy (non-hydrogen) atoms. The van der Waals surface area contributed by atoms with Crippen molar-refractivity contribution in [1.82, 2.24) is 9.88 Å². The lowest BCUT2D eigenvalue weighted by Crippen LogP contribution is -2.25. The zero-order valence-electron chi connectivity index (χ0n) is 14.2. The van der Waals surface area contributed by atoms with Gasteiger partial charge < -0.3 is 9.88 Å². The largest absolute Gasteiger partial charge is 0.354 e. The van der Waals surface area contributed by atoms with Crippen molar-refractivity contribution >= 4 is 0 Å². The molecule has 116 valence electrons. The van der Waals surface area contributed by atoms with Gasteiger partial charge in [0.1, 0.15) is 0 Å². The van der Waals surface area contributed by atoms with Gasteiger partial charge in [-0.3, -0.25) is 0 Å². The van der Waals surface area contributed by atoms with Gasteiger partial charge in [0, 0.05) is 25.0 Å². The van der Waals surface area contributed by atoms with Gasteiger partial charge in [0.15, 0.2) is 0 Å². The van der Waals surface area contributed by atoms with Crippen LogP contribution in [0.2, 0.25) is 0 Å². The maximum absolute atomic E-state index is 3.60. The van der Waals surface area contributed by atoms with Gasteiger partial charge in [0.05, 0.1) is 0 Å². The van der Waals surface area contributed by atoms with E-state index in [9.17, 15) is 0 Å². The molecule has 0 aliphatic heterocycles. The van der Waals surface area contributed by atoms with Gasteiger partial charge in [0.25, 0.3) is 0 Å². The van der Waals surface area contributed by atoms with Crippen LogP contribution in [0.5, 0.6) is 0 Å². The summed E-state index contributed by atoms with van der Waals surface area (Å²) in [6.45, 7) is 13.6. The molecule has 1 N–H and O–H groups in total. The minimum absolute atomic E-state index is 0.483. The summed E-state index contributed by atoms with van der Waals surface area (Å²) >= 11 is 0. The van der Waals surface area contributed by atoms with Gasteiger partial charge in [0.2, 0.25) is 0 Å². The quantitative estimate of drug-likeness (QED) is 0.636. The number of nitrogens with zero attached hydrogens (tertiary/aromatic N) is 1. The maximum atomic E-state index is 3.60. The van der Waals surface area contributed by atoms with Crippen LogP contribution in [-0.2, 0) is 6.54 Å². The van der Waals surface area contributed by atoms with Crippen molar-refractivity contribution in [3.05, 3.63) is 24.0 Å². The lowest BCUT2D eigenvalue weighted by molar-refractivity contribution is 0.388. The molecule has 2 unspecified atom stereocenters. The van der Waals surface area contributed by atoms with Crippen molar-refractivity contribution in [2.75, 3.05) is 6.54 Å². The van der Waals surface area contributed by atoms with Gasteiger partial charge in [-0.05, 0) is 36.4 Å². The molecule has 0 saturated heterocycles. The Morgan fingerprint density at radius 2 is 1.95 bits per heavy atom. The monoisotopic (exact) mass is 278 g/mol. The van der Waals surface area contributed by atoms with Gasteiger partial charge in [-0.15, -0.1) is 0 Å². The smallest absolute Gasteiger partial charge is 0.0358 e. The molecule has 0 amide bonds. The van der Waals surface area contributed by atoms with Crippen LogP contribution in [0, 0.1) is 11.8 Å². The molecule has 0 aliphatic carbocycles. The summed E-state index contributed by atoms with van der Waals surface area (Å²) in [6, 6.07) is 2.77. The first kappa shape index (κ1) is 17.3. The third kappa shape index (κ3) is 5.32. The highest BCUT2D eigenvalue weighted by molar-refractivity contribution is 5.16. The second kappa shape index (κ2) is 9.23. The molecular formula is C18H34N2. The number of rotatable bonds is 10. The van der Waals surface area contributed by atoms with Crippen molar-refractivity contribution in [3.8, 4) is 0 Å². The summed E-state index contributed by atoms with van der Waals surface area (Å²) in [6.07, 6.45) is 9.93. The Morgan fingerprint density at radius 3 is 2.50 bits per heavy atom. The molecule has 0 aliphatic rings. The standard InChI is InChI=1S/C18H34N2/c1-6-9-10-16(7-2)13-20-12-11-17(14-20)18(15(4)5)19-8-3/h11-12,14-16,18-19H,6-10,13H2,1-5H3. The van der Waals surface area contributed by atoms with E-state index < -0.39 is 0 Å². The van der Waals surface area contributed by atoms with E-state index in [1.54, 1.807) is 0 Å². The Balaban J connectivity index is 2.65. The summed E-state index contributed by atoms with van der Waals surface area (Å²) in [4.78, 5) is 0. The first-order valence-corrected chi connectivity index (χ1v) is 8.51. The van der Waals surface area contributed by atoms with Crippen LogP contribution in [0.3, 0.4) is 0 Å². The average molecular weight is 278 g/mol. The van der Waals surface area contributed by atoms with E-state index in [0.717, 1.165) is 12.5 Å². The summed E-state index contributed by atoms with van der Waals surface area (Å²) in [5.41, 5.74) is 1.44. The van der Waals surface area contributed by atoms with Crippen LogP contribution >= 0.6 is 0 Å². The molecule has 1 aromatic rings. The maximum Gasteiger partial charge on any atom is 0.0358 e. The fraction of sp³-hybridized carbons (Fsp3) is 0.778. The normalized spacial score (nSPS) is 14.7. The summed E-state index contributed by atoms with van der Waals surface area (Å²) in [7, 11) is 0. The fourth-order valence-electron chi connectivity index (χ4n) is 2.93. The molecule has 0 aromatic carbocycles. The van der Waals surface area contributed by atoms with Crippen LogP contribution in [0.1, 0.15) is 71.9 Å². The molecular weight excluding hydrogens is 244 g/mol. The Hall–Kier alpha value is -0.760. The third-order valence-corrected chi connectivity index (χ3v) is 4.24. The molecule has 1 aromatic heterocycles. The molecule has 2 nitrogen and oxygen atoms in total. The molecule has 0 fully saturated rings. The second-order valence-electron chi connectivity index (χ2n) is 6.34. The summed E-state index contributed by atoms with van der Waals surface area (Å²) in [5, 5.41) is 3.60. The van der Waals surface area contributed by atoms with Gasteiger partial charge in [-0.25, -0.2) is 0 Å². The molecule has 2 heteroatoms. The predicted octanol–water partition coefficient (Wildman–Crippen LogP) is 5.01. The number of unbranched alkanes of at least 4 members (excludes halogenated alkanes) is 1. The number of hydrogen-bond acceptors (Lipinski definition) is 1. The highest BCUT2D eigenvalue weighted by Gasteiger charge is 2.16. The Kier molecular flexibility index (Phi) is 7.98. The van der Waals surface area contributed by atoms with E-state index in [4.69, 9.17) is 0 Å². The molecule has 0 bridgehead atoms. The van der Waals surface area contributed by atoms with Crippen LogP contribution in [-0.4, -0.2) is 11.1 Å². The van der Waals surface area contributed by atoms with Crippen molar-refractivity contribution < 1.29 is 0 Å². The third-order valence-electron chi connectivity index (χ3n) is 4.24. The van der Waals surface area contributed by atoms with Crippen molar-refractivity contribution in [2.45, 2.75) is 72.9 Å². The molecule has 1 rings (SSSR count). The highest BCUT2D eigenvalue weighted by Crippen LogP contribution is 2.23. The van der Waals surface area contributed by atoms with Gasteiger partial charge in [-0.1, -0.05) is 53.9 Å². The van der Waals surface area contributed by atoms with E-state index >= 15 is 0 Å². The van der Waals surface area contributed by atoms with Crippen molar-refractivity contribution in [1.29, 1.82) is 0 Å². The van der Waals surface area contributed by atoms with Crippen molar-refractivity contribution in [2.24, 2.45) is 11.8 Å². The number of hydrogen-bond donors (Lipinski definition) is 1. The number of aromatic nitrogens is 1. The van der Waals surface area contributed by atoms with Crippen LogP contribution in [0.4, 0.5) is 0 Å². The van der Waals surface area contributed by atoms with E-state index in [-0.39, 0.29) is 0 Å². The predicted molar refractivity (Wildman–Crippen MR) is 89.0 cm³/mol. The molecule has 0 saturated carbocycles. The fourth-order valence-corrected chi connectivity index (χ4v) is 2.93. The minimum Gasteiger partial charge on any atom is -0.354 e. The highest BCUT2D eigenvalue weighted by atomic mass is 15.0. The van der Waals surface area contributed by atoms with Crippen molar-refractivity contribution in [3.63, 3.8) is 0 Å². The van der Waals surface area contributed by atoms with E-state index in [0.29, 0.717) is 12.0 Å². The lowest BCUT2D eigenvalue weighted by Gasteiger charge is -2.21. The zero-order valence-corrected chi connectivity index (χ0v) is 14.2. The lowest BCUT2D eigenvalue weighted by atomic mass is 9.98. The van der Waals surface area contributed by atoms with Gasteiger partial charge in [-0.2, -0.15) is 0 Å². The Labute approximate surface area is 126 Å². The zero-order chi connectivity index (χ0) is 15.0. The van der Waals surface area contributed by atoms with E-state index in [1.165, 1.54) is 37.8 Å². The summed E-state index contributed by atoms with van der Waals surface area (Å²) < 4.78 is 2.39. The SMILES string of the molecule is CCCCC(CC)Cn1ccc(C(NCC)C(C)C)c1. The van der Waals surface area contributed by atoms with Gasteiger partial charge >= 0.3 is 0 Å². The Morgan fingerprint density at radius 1 is 1.20 bits per heavy atom. The molecule has 0 spiro atoms. The second-order valence-corrected chi connectivity index (χ2v) is 6.34. The topological polar surface area (TPSA) is 17.0 Å². The molecule has 1 heterocycles. The van der Waals surface area contributed by atoms with E-state index in [2.05, 4.69) is 63.0 Å². The molecule has 2 atom stereocenters. The minimum atomic E-state index is 0.483. The average Bonchev–Trinajstić information content (AvgIpc) is 2.88. The number of nitrogens with one attached hydrogen (secondary N) is 1.